The van der Waals surface area contributed by atoms with Gasteiger partial charge in [-0.25, -0.2) is 0 Å². The van der Waals surface area contributed by atoms with Crippen LogP contribution in [-0.2, 0) is 9.59 Å². The van der Waals surface area contributed by atoms with Crippen LogP contribution in [0.1, 0.15) is 26.7 Å². The van der Waals surface area contributed by atoms with Crippen molar-refractivity contribution in [3.63, 3.8) is 0 Å². The van der Waals surface area contributed by atoms with Gasteiger partial charge in [0.25, 0.3) is 0 Å². The lowest BCUT2D eigenvalue weighted by molar-refractivity contribution is -0.134. The largest absolute Gasteiger partial charge is 0.341 e. The highest BCUT2D eigenvalue weighted by molar-refractivity contribution is 5.78. The Morgan fingerprint density at radius 3 is 2.31 bits per heavy atom. The van der Waals surface area contributed by atoms with Gasteiger partial charge in [-0.05, 0) is 19.8 Å². The van der Waals surface area contributed by atoms with E-state index in [0.29, 0.717) is 13.1 Å². The van der Waals surface area contributed by atoms with Crippen LogP contribution in [0.2, 0.25) is 0 Å². The van der Waals surface area contributed by atoms with Crippen LogP contribution in [0.25, 0.3) is 0 Å². The quantitative estimate of drug-likeness (QED) is 0.726. The topological polar surface area (TPSA) is 66.6 Å². The standard InChI is InChI=1S/C11H21N3O2/c1-3-14(9(2)15)10-4-6-13(7-5-10)11(16)8-12/h10H,3-8,12H2,1-2H3. The van der Waals surface area contributed by atoms with Crippen molar-refractivity contribution in [3.05, 3.63) is 0 Å². The number of nitrogens with zero attached hydrogens (tertiary/aromatic N) is 2. The molecule has 1 heterocycles. The number of amides is 2. The average Bonchev–Trinajstić information content (AvgIpc) is 2.29. The predicted molar refractivity (Wildman–Crippen MR) is 61.7 cm³/mol. The van der Waals surface area contributed by atoms with Crippen LogP contribution >= 0.6 is 0 Å². The first-order valence-electron chi connectivity index (χ1n) is 5.85. The number of hydrogen-bond donors (Lipinski definition) is 1. The lowest BCUT2D eigenvalue weighted by atomic mass is 10.0. The average molecular weight is 227 g/mol. The van der Waals surface area contributed by atoms with E-state index in [2.05, 4.69) is 0 Å². The minimum atomic E-state index is 0.00400. The highest BCUT2D eigenvalue weighted by Gasteiger charge is 2.26. The van der Waals surface area contributed by atoms with E-state index >= 15 is 0 Å². The van der Waals surface area contributed by atoms with Crippen molar-refractivity contribution in [1.82, 2.24) is 9.80 Å². The van der Waals surface area contributed by atoms with Gasteiger partial charge < -0.3 is 15.5 Å². The zero-order chi connectivity index (χ0) is 12.1. The zero-order valence-electron chi connectivity index (χ0n) is 10.1. The van der Waals surface area contributed by atoms with Crippen molar-refractivity contribution < 1.29 is 9.59 Å². The number of hydrogen-bond acceptors (Lipinski definition) is 3. The first kappa shape index (κ1) is 13.0. The summed E-state index contributed by atoms with van der Waals surface area (Å²) in [6.45, 7) is 5.83. The summed E-state index contributed by atoms with van der Waals surface area (Å²) in [5, 5.41) is 0. The van der Waals surface area contributed by atoms with Gasteiger partial charge in [-0.15, -0.1) is 0 Å². The van der Waals surface area contributed by atoms with E-state index in [0.717, 1.165) is 19.4 Å². The van der Waals surface area contributed by atoms with Gasteiger partial charge in [0.15, 0.2) is 0 Å². The third kappa shape index (κ3) is 2.95. The lowest BCUT2D eigenvalue weighted by Crippen LogP contribution is -2.49. The molecule has 16 heavy (non-hydrogen) atoms. The lowest BCUT2D eigenvalue weighted by Gasteiger charge is -2.37. The normalized spacial score (nSPS) is 17.3. The fourth-order valence-electron chi connectivity index (χ4n) is 2.29. The van der Waals surface area contributed by atoms with E-state index in [1.807, 2.05) is 11.8 Å². The molecule has 0 unspecified atom stereocenters. The SMILES string of the molecule is CCN(C(C)=O)C1CCN(C(=O)CN)CC1. The van der Waals surface area contributed by atoms with Gasteiger partial charge in [-0.3, -0.25) is 9.59 Å². The molecule has 2 N–H and O–H groups in total. The van der Waals surface area contributed by atoms with Crippen LogP contribution < -0.4 is 5.73 Å². The fraction of sp³-hybridized carbons (Fsp3) is 0.818. The first-order chi connectivity index (χ1) is 7.60. The summed E-state index contributed by atoms with van der Waals surface area (Å²) in [6, 6.07) is 0.282. The highest BCUT2D eigenvalue weighted by Crippen LogP contribution is 2.16. The van der Waals surface area contributed by atoms with Gasteiger partial charge in [-0.2, -0.15) is 0 Å². The monoisotopic (exact) mass is 227 g/mol. The van der Waals surface area contributed by atoms with Gasteiger partial charge >= 0.3 is 0 Å². The van der Waals surface area contributed by atoms with E-state index in [1.165, 1.54) is 0 Å². The van der Waals surface area contributed by atoms with E-state index in [1.54, 1.807) is 11.8 Å². The minimum Gasteiger partial charge on any atom is -0.341 e. The summed E-state index contributed by atoms with van der Waals surface area (Å²) in [5.74, 6) is 0.121. The Morgan fingerprint density at radius 2 is 1.94 bits per heavy atom. The molecule has 0 spiro atoms. The molecule has 0 atom stereocenters. The van der Waals surface area contributed by atoms with Crippen LogP contribution in [0.3, 0.4) is 0 Å². The summed E-state index contributed by atoms with van der Waals surface area (Å²) in [5.41, 5.74) is 5.32. The number of nitrogens with two attached hydrogens (primary N) is 1. The smallest absolute Gasteiger partial charge is 0.236 e. The molecule has 1 aliphatic rings. The molecule has 0 aromatic heterocycles. The maximum absolute atomic E-state index is 11.4. The molecule has 0 bridgehead atoms. The molecule has 0 aromatic carbocycles. The number of carbonyl (C=O) groups excluding carboxylic acids is 2. The van der Waals surface area contributed by atoms with Gasteiger partial charge in [0.2, 0.25) is 11.8 Å². The molecule has 2 amide bonds. The van der Waals surface area contributed by atoms with Gasteiger partial charge in [-0.1, -0.05) is 0 Å². The molecule has 0 saturated carbocycles. The molecular formula is C11H21N3O2. The maximum Gasteiger partial charge on any atom is 0.236 e. The van der Waals surface area contributed by atoms with E-state index in [9.17, 15) is 9.59 Å². The van der Waals surface area contributed by atoms with Crippen molar-refractivity contribution in [1.29, 1.82) is 0 Å². The second kappa shape index (κ2) is 5.84. The Morgan fingerprint density at radius 1 is 1.38 bits per heavy atom. The van der Waals surface area contributed by atoms with E-state index in [4.69, 9.17) is 5.73 Å². The van der Waals surface area contributed by atoms with Crippen LogP contribution in [0.15, 0.2) is 0 Å². The number of carbonyl (C=O) groups is 2. The number of rotatable bonds is 3. The summed E-state index contributed by atoms with van der Waals surface area (Å²) in [4.78, 5) is 26.4. The van der Waals surface area contributed by atoms with Crippen LogP contribution in [-0.4, -0.2) is 53.8 Å². The molecule has 5 nitrogen and oxygen atoms in total. The number of piperidine rings is 1. The zero-order valence-corrected chi connectivity index (χ0v) is 10.1. The summed E-state index contributed by atoms with van der Waals surface area (Å²) in [7, 11) is 0. The Balaban J connectivity index is 2.47. The molecule has 5 heteroatoms. The van der Waals surface area contributed by atoms with Crippen molar-refractivity contribution in [3.8, 4) is 0 Å². The Bertz CT molecular complexity index is 260. The van der Waals surface area contributed by atoms with Gasteiger partial charge in [0.1, 0.15) is 0 Å². The summed E-state index contributed by atoms with van der Waals surface area (Å²) >= 11 is 0. The van der Waals surface area contributed by atoms with Gasteiger partial charge in [0, 0.05) is 32.6 Å². The van der Waals surface area contributed by atoms with Crippen molar-refractivity contribution in [2.24, 2.45) is 5.73 Å². The molecule has 1 rings (SSSR count). The molecule has 0 radical (unpaired) electrons. The molecule has 1 saturated heterocycles. The van der Waals surface area contributed by atoms with E-state index < -0.39 is 0 Å². The Labute approximate surface area is 96.6 Å². The third-order valence-corrected chi connectivity index (χ3v) is 3.18. The van der Waals surface area contributed by atoms with E-state index in [-0.39, 0.29) is 24.4 Å². The fourth-order valence-corrected chi connectivity index (χ4v) is 2.29. The minimum absolute atomic E-state index is 0.00400. The molecule has 0 aromatic rings. The second-order valence-electron chi connectivity index (χ2n) is 4.12. The molecule has 1 aliphatic heterocycles. The van der Waals surface area contributed by atoms with Crippen molar-refractivity contribution in [2.45, 2.75) is 32.7 Å². The third-order valence-electron chi connectivity index (χ3n) is 3.18. The van der Waals surface area contributed by atoms with Crippen LogP contribution in [0.4, 0.5) is 0 Å². The molecule has 0 aliphatic carbocycles. The summed E-state index contributed by atoms with van der Waals surface area (Å²) < 4.78 is 0. The first-order valence-corrected chi connectivity index (χ1v) is 5.85. The van der Waals surface area contributed by atoms with Gasteiger partial charge in [0.05, 0.1) is 6.54 Å². The Kier molecular flexibility index (Phi) is 4.73. The highest BCUT2D eigenvalue weighted by atomic mass is 16.2. The van der Waals surface area contributed by atoms with Crippen molar-refractivity contribution in [2.75, 3.05) is 26.2 Å². The van der Waals surface area contributed by atoms with Crippen molar-refractivity contribution >= 4 is 11.8 Å². The number of likely N-dealkylation sites (tertiary alicyclic amines) is 1. The maximum atomic E-state index is 11.4. The second-order valence-corrected chi connectivity index (χ2v) is 4.12. The van der Waals surface area contributed by atoms with Crippen LogP contribution in [0, 0.1) is 0 Å². The summed E-state index contributed by atoms with van der Waals surface area (Å²) in [6.07, 6.45) is 1.72. The molecule has 1 fully saturated rings. The predicted octanol–water partition coefficient (Wildman–Crippen LogP) is -0.195. The molecular weight excluding hydrogens is 206 g/mol. The molecule has 92 valence electrons. The Hall–Kier alpha value is -1.10. The van der Waals surface area contributed by atoms with Crippen LogP contribution in [0.5, 0.6) is 0 Å².